The van der Waals surface area contributed by atoms with Gasteiger partial charge in [0.2, 0.25) is 0 Å². The molecule has 1 atom stereocenters. The SMILES string of the molecule is CNCC1CCCN1CCc1ccccc1. The summed E-state index contributed by atoms with van der Waals surface area (Å²) in [6.07, 6.45) is 3.90. The van der Waals surface area contributed by atoms with Crippen LogP contribution >= 0.6 is 0 Å². The molecule has 16 heavy (non-hydrogen) atoms. The van der Waals surface area contributed by atoms with E-state index in [4.69, 9.17) is 0 Å². The number of benzene rings is 1. The lowest BCUT2D eigenvalue weighted by atomic mass is 10.1. The lowest BCUT2D eigenvalue weighted by Gasteiger charge is -2.24. The summed E-state index contributed by atoms with van der Waals surface area (Å²) in [4.78, 5) is 2.63. The fourth-order valence-corrected chi connectivity index (χ4v) is 2.57. The van der Waals surface area contributed by atoms with Gasteiger partial charge in [-0.05, 0) is 38.4 Å². The van der Waals surface area contributed by atoms with Crippen LogP contribution in [-0.2, 0) is 6.42 Å². The van der Waals surface area contributed by atoms with Crippen molar-refractivity contribution >= 4 is 0 Å². The average molecular weight is 218 g/mol. The minimum Gasteiger partial charge on any atom is -0.318 e. The molecule has 1 aromatic rings. The Morgan fingerprint density at radius 3 is 2.88 bits per heavy atom. The van der Waals surface area contributed by atoms with Crippen molar-refractivity contribution in [2.45, 2.75) is 25.3 Å². The van der Waals surface area contributed by atoms with Gasteiger partial charge in [-0.3, -0.25) is 4.90 Å². The van der Waals surface area contributed by atoms with E-state index in [9.17, 15) is 0 Å². The first kappa shape index (κ1) is 11.6. The molecule has 88 valence electrons. The Hall–Kier alpha value is -0.860. The second-order valence-corrected chi connectivity index (χ2v) is 4.63. The topological polar surface area (TPSA) is 15.3 Å². The van der Waals surface area contributed by atoms with Gasteiger partial charge in [0.1, 0.15) is 0 Å². The molecule has 0 bridgehead atoms. The summed E-state index contributed by atoms with van der Waals surface area (Å²) in [5, 5.41) is 3.30. The van der Waals surface area contributed by atoms with E-state index in [0.29, 0.717) is 0 Å². The molecule has 1 heterocycles. The van der Waals surface area contributed by atoms with E-state index < -0.39 is 0 Å². The van der Waals surface area contributed by atoms with Gasteiger partial charge in [0.15, 0.2) is 0 Å². The Bertz CT molecular complexity index is 297. The summed E-state index contributed by atoms with van der Waals surface area (Å²) in [7, 11) is 2.05. The van der Waals surface area contributed by atoms with Crippen LogP contribution in [0, 0.1) is 0 Å². The molecular weight excluding hydrogens is 196 g/mol. The Kier molecular flexibility index (Phi) is 4.37. The first-order valence-corrected chi connectivity index (χ1v) is 6.32. The van der Waals surface area contributed by atoms with E-state index in [2.05, 4.69) is 40.5 Å². The van der Waals surface area contributed by atoms with Crippen LogP contribution in [0.25, 0.3) is 0 Å². The molecule has 2 nitrogen and oxygen atoms in total. The minimum atomic E-state index is 0.758. The van der Waals surface area contributed by atoms with Gasteiger partial charge in [-0.1, -0.05) is 30.3 Å². The predicted molar refractivity (Wildman–Crippen MR) is 68.7 cm³/mol. The van der Waals surface area contributed by atoms with E-state index >= 15 is 0 Å². The Morgan fingerprint density at radius 1 is 1.31 bits per heavy atom. The van der Waals surface area contributed by atoms with Gasteiger partial charge >= 0.3 is 0 Å². The Labute approximate surface area is 98.7 Å². The molecule has 2 heteroatoms. The molecule has 1 N–H and O–H groups in total. The Morgan fingerprint density at radius 2 is 2.12 bits per heavy atom. The van der Waals surface area contributed by atoms with Gasteiger partial charge < -0.3 is 5.32 Å². The van der Waals surface area contributed by atoms with Crippen LogP contribution in [0.15, 0.2) is 30.3 Å². The monoisotopic (exact) mass is 218 g/mol. The average Bonchev–Trinajstić information content (AvgIpc) is 2.76. The summed E-state index contributed by atoms with van der Waals surface area (Å²) in [6, 6.07) is 11.6. The highest BCUT2D eigenvalue weighted by atomic mass is 15.2. The summed E-state index contributed by atoms with van der Waals surface area (Å²) in [5.74, 6) is 0. The molecule has 1 aromatic carbocycles. The van der Waals surface area contributed by atoms with Crippen LogP contribution in [0.2, 0.25) is 0 Å². The van der Waals surface area contributed by atoms with E-state index in [1.807, 2.05) is 7.05 Å². The second kappa shape index (κ2) is 6.02. The molecular formula is C14H22N2. The summed E-state index contributed by atoms with van der Waals surface area (Å²) < 4.78 is 0. The van der Waals surface area contributed by atoms with Crippen LogP contribution in [0.4, 0.5) is 0 Å². The van der Waals surface area contributed by atoms with Gasteiger partial charge in [0, 0.05) is 19.1 Å². The van der Waals surface area contributed by atoms with Crippen LogP contribution in [0.1, 0.15) is 18.4 Å². The van der Waals surface area contributed by atoms with Gasteiger partial charge in [-0.15, -0.1) is 0 Å². The molecule has 0 aliphatic carbocycles. The quantitative estimate of drug-likeness (QED) is 0.812. The molecule has 1 aliphatic rings. The van der Waals surface area contributed by atoms with Crippen molar-refractivity contribution in [3.63, 3.8) is 0 Å². The Balaban J connectivity index is 1.81. The molecule has 0 spiro atoms. The number of hydrogen-bond donors (Lipinski definition) is 1. The maximum absolute atomic E-state index is 3.30. The number of hydrogen-bond acceptors (Lipinski definition) is 2. The normalized spacial score (nSPS) is 21.4. The second-order valence-electron chi connectivity index (χ2n) is 4.63. The van der Waals surface area contributed by atoms with Crippen LogP contribution < -0.4 is 5.32 Å². The van der Waals surface area contributed by atoms with Crippen molar-refractivity contribution < 1.29 is 0 Å². The van der Waals surface area contributed by atoms with Crippen molar-refractivity contribution in [2.24, 2.45) is 0 Å². The fraction of sp³-hybridized carbons (Fsp3) is 0.571. The number of nitrogens with one attached hydrogen (secondary N) is 1. The highest BCUT2D eigenvalue weighted by molar-refractivity contribution is 5.14. The summed E-state index contributed by atoms with van der Waals surface area (Å²) >= 11 is 0. The lowest BCUT2D eigenvalue weighted by Crippen LogP contribution is -2.37. The molecule has 1 saturated heterocycles. The van der Waals surface area contributed by atoms with E-state index in [1.54, 1.807) is 0 Å². The first-order chi connectivity index (χ1) is 7.90. The van der Waals surface area contributed by atoms with E-state index in [0.717, 1.165) is 12.6 Å². The summed E-state index contributed by atoms with van der Waals surface area (Å²) in [6.45, 7) is 3.62. The summed E-state index contributed by atoms with van der Waals surface area (Å²) in [5.41, 5.74) is 1.46. The van der Waals surface area contributed by atoms with Crippen LogP contribution in [0.5, 0.6) is 0 Å². The maximum atomic E-state index is 3.30. The molecule has 0 aromatic heterocycles. The minimum absolute atomic E-state index is 0.758. The largest absolute Gasteiger partial charge is 0.318 e. The van der Waals surface area contributed by atoms with Crippen LogP contribution in [-0.4, -0.2) is 37.6 Å². The first-order valence-electron chi connectivity index (χ1n) is 6.32. The zero-order valence-electron chi connectivity index (χ0n) is 10.2. The molecule has 0 amide bonds. The van der Waals surface area contributed by atoms with Crippen molar-refractivity contribution in [3.8, 4) is 0 Å². The molecule has 1 unspecified atom stereocenters. The molecule has 2 rings (SSSR count). The number of likely N-dealkylation sites (tertiary alicyclic amines) is 1. The van der Waals surface area contributed by atoms with Crippen LogP contribution in [0.3, 0.4) is 0 Å². The van der Waals surface area contributed by atoms with E-state index in [1.165, 1.54) is 37.9 Å². The molecule has 1 fully saturated rings. The fourth-order valence-electron chi connectivity index (χ4n) is 2.57. The predicted octanol–water partition coefficient (Wildman–Crippen LogP) is 1.91. The van der Waals surface area contributed by atoms with Gasteiger partial charge in [0.05, 0.1) is 0 Å². The highest BCUT2D eigenvalue weighted by Crippen LogP contribution is 2.16. The van der Waals surface area contributed by atoms with E-state index in [-0.39, 0.29) is 0 Å². The van der Waals surface area contributed by atoms with Crippen molar-refractivity contribution in [1.82, 2.24) is 10.2 Å². The third kappa shape index (κ3) is 3.06. The lowest BCUT2D eigenvalue weighted by molar-refractivity contribution is 0.253. The number of nitrogens with zero attached hydrogens (tertiary/aromatic N) is 1. The third-order valence-electron chi connectivity index (χ3n) is 3.47. The standard InChI is InChI=1S/C14H22N2/c1-15-12-14-8-5-10-16(14)11-9-13-6-3-2-4-7-13/h2-4,6-7,14-15H,5,8-12H2,1H3. The molecule has 0 saturated carbocycles. The highest BCUT2D eigenvalue weighted by Gasteiger charge is 2.22. The number of rotatable bonds is 5. The molecule has 0 radical (unpaired) electrons. The van der Waals surface area contributed by atoms with Gasteiger partial charge in [-0.2, -0.15) is 0 Å². The van der Waals surface area contributed by atoms with Crippen molar-refractivity contribution in [1.29, 1.82) is 0 Å². The zero-order chi connectivity index (χ0) is 11.2. The smallest absolute Gasteiger partial charge is 0.0221 e. The van der Waals surface area contributed by atoms with Gasteiger partial charge in [0.25, 0.3) is 0 Å². The molecule has 1 aliphatic heterocycles. The maximum Gasteiger partial charge on any atom is 0.0221 e. The number of likely N-dealkylation sites (N-methyl/N-ethyl adjacent to an activating group) is 1. The van der Waals surface area contributed by atoms with Crippen molar-refractivity contribution in [2.75, 3.05) is 26.7 Å². The third-order valence-corrected chi connectivity index (χ3v) is 3.47. The van der Waals surface area contributed by atoms with Gasteiger partial charge in [-0.25, -0.2) is 0 Å². The van der Waals surface area contributed by atoms with Crippen molar-refractivity contribution in [3.05, 3.63) is 35.9 Å². The zero-order valence-corrected chi connectivity index (χ0v) is 10.2.